The lowest BCUT2D eigenvalue weighted by Gasteiger charge is -2.09. The molecule has 1 aromatic heterocycles. The van der Waals surface area contributed by atoms with Crippen LogP contribution in [0.15, 0.2) is 84.0 Å². The smallest absolute Gasteiger partial charge is 0.196 e. The number of halogens is 2. The molecule has 4 aromatic rings. The molecule has 0 saturated heterocycles. The van der Waals surface area contributed by atoms with Crippen LogP contribution in [0, 0.1) is 0 Å². The van der Waals surface area contributed by atoms with E-state index in [9.17, 15) is 0 Å². The molecule has 0 aliphatic heterocycles. The highest BCUT2D eigenvalue weighted by molar-refractivity contribution is 7.98. The summed E-state index contributed by atoms with van der Waals surface area (Å²) in [4.78, 5) is 0. The largest absolute Gasteiger partial charge is 0.271 e. The molecule has 3 nitrogen and oxygen atoms in total. The van der Waals surface area contributed by atoms with E-state index in [1.165, 1.54) is 5.56 Å². The normalized spacial score (nSPS) is 11.2. The molecule has 0 saturated carbocycles. The van der Waals surface area contributed by atoms with E-state index in [1.54, 1.807) is 11.8 Å². The molecule has 0 atom stereocenters. The van der Waals surface area contributed by atoms with Crippen LogP contribution in [0.2, 0.25) is 10.0 Å². The Hall–Kier alpha value is -2.53. The minimum absolute atomic E-state index is 0.693. The molecule has 4 rings (SSSR count). The molecule has 0 aliphatic rings. The number of benzene rings is 3. The lowest BCUT2D eigenvalue weighted by Crippen LogP contribution is -1.99. The highest BCUT2D eigenvalue weighted by Crippen LogP contribution is 2.27. The summed E-state index contributed by atoms with van der Waals surface area (Å²) in [5.74, 6) is 1.53. The number of rotatable bonds is 6. The average molecular weight is 438 g/mol. The van der Waals surface area contributed by atoms with Crippen LogP contribution in [0.5, 0.6) is 0 Å². The van der Waals surface area contributed by atoms with Gasteiger partial charge in [0.2, 0.25) is 0 Å². The maximum absolute atomic E-state index is 6.08. The summed E-state index contributed by atoms with van der Waals surface area (Å²) in [5, 5.41) is 11.1. The van der Waals surface area contributed by atoms with E-state index in [0.29, 0.717) is 5.02 Å². The van der Waals surface area contributed by atoms with E-state index in [4.69, 9.17) is 23.2 Å². The van der Waals surface area contributed by atoms with Crippen molar-refractivity contribution in [1.29, 1.82) is 0 Å². The summed E-state index contributed by atoms with van der Waals surface area (Å²) in [6.45, 7) is 0. The van der Waals surface area contributed by atoms with Crippen molar-refractivity contribution in [3.05, 3.63) is 106 Å². The van der Waals surface area contributed by atoms with Gasteiger partial charge in [-0.1, -0.05) is 83.5 Å². The second-order valence-corrected chi connectivity index (χ2v) is 8.13. The third-order valence-electron chi connectivity index (χ3n) is 4.25. The molecule has 1 heterocycles. The highest BCUT2D eigenvalue weighted by atomic mass is 35.5. The van der Waals surface area contributed by atoms with Gasteiger partial charge in [-0.3, -0.25) is 4.57 Å². The first kappa shape index (κ1) is 19.8. The molecule has 29 heavy (non-hydrogen) atoms. The van der Waals surface area contributed by atoms with Crippen LogP contribution in [0.3, 0.4) is 0 Å². The summed E-state index contributed by atoms with van der Waals surface area (Å²) < 4.78 is 2.04. The molecule has 0 amide bonds. The minimum Gasteiger partial charge on any atom is -0.271 e. The van der Waals surface area contributed by atoms with E-state index >= 15 is 0 Å². The Kier molecular flexibility index (Phi) is 6.35. The predicted octanol–water partition coefficient (Wildman–Crippen LogP) is 7.04. The second-order valence-electron chi connectivity index (χ2n) is 6.31. The van der Waals surface area contributed by atoms with Crippen LogP contribution < -0.4 is 0 Å². The van der Waals surface area contributed by atoms with E-state index in [2.05, 4.69) is 22.3 Å². The number of thioether (sulfide) groups is 1. The maximum atomic E-state index is 6.08. The Morgan fingerprint density at radius 2 is 1.41 bits per heavy atom. The lowest BCUT2D eigenvalue weighted by molar-refractivity contribution is 0.880. The van der Waals surface area contributed by atoms with Gasteiger partial charge >= 0.3 is 0 Å². The van der Waals surface area contributed by atoms with Gasteiger partial charge in [0.15, 0.2) is 11.0 Å². The SMILES string of the molecule is Clc1ccc(CSc2nnc(/C=C/c3ccccc3)n2-c2ccc(Cl)cc2)cc1. The van der Waals surface area contributed by atoms with Crippen molar-refractivity contribution in [2.75, 3.05) is 0 Å². The Balaban J connectivity index is 1.65. The van der Waals surface area contributed by atoms with Gasteiger partial charge in [0.05, 0.1) is 0 Å². The van der Waals surface area contributed by atoms with Crippen LogP contribution in [-0.4, -0.2) is 14.8 Å². The molecular formula is C23H17Cl2N3S. The monoisotopic (exact) mass is 437 g/mol. The van der Waals surface area contributed by atoms with Gasteiger partial charge in [-0.25, -0.2) is 0 Å². The molecule has 0 bridgehead atoms. The van der Waals surface area contributed by atoms with Gasteiger partial charge in [0.25, 0.3) is 0 Å². The molecule has 144 valence electrons. The van der Waals surface area contributed by atoms with Gasteiger partial charge in [-0.2, -0.15) is 0 Å². The van der Waals surface area contributed by atoms with Crippen LogP contribution >= 0.6 is 35.0 Å². The van der Waals surface area contributed by atoms with E-state index in [0.717, 1.165) is 33.0 Å². The molecule has 0 spiro atoms. The van der Waals surface area contributed by atoms with Crippen LogP contribution in [-0.2, 0) is 5.75 Å². The van der Waals surface area contributed by atoms with E-state index < -0.39 is 0 Å². The van der Waals surface area contributed by atoms with Crippen molar-refractivity contribution in [2.24, 2.45) is 0 Å². The molecule has 0 N–H and O–H groups in total. The third kappa shape index (κ3) is 5.10. The summed E-state index contributed by atoms with van der Waals surface area (Å²) >= 11 is 13.7. The van der Waals surface area contributed by atoms with Crippen molar-refractivity contribution in [2.45, 2.75) is 10.9 Å². The molecular weight excluding hydrogens is 421 g/mol. The third-order valence-corrected chi connectivity index (χ3v) is 5.75. The summed E-state index contributed by atoms with van der Waals surface area (Å²) in [6.07, 6.45) is 4.01. The number of nitrogens with zero attached hydrogens (tertiary/aromatic N) is 3. The highest BCUT2D eigenvalue weighted by Gasteiger charge is 2.13. The zero-order chi connectivity index (χ0) is 20.1. The molecule has 0 radical (unpaired) electrons. The molecule has 0 unspecified atom stereocenters. The van der Waals surface area contributed by atoms with Crippen molar-refractivity contribution >= 4 is 47.1 Å². The number of hydrogen-bond donors (Lipinski definition) is 0. The first-order valence-electron chi connectivity index (χ1n) is 9.01. The van der Waals surface area contributed by atoms with Crippen LogP contribution in [0.4, 0.5) is 0 Å². The van der Waals surface area contributed by atoms with Gasteiger partial charge in [0, 0.05) is 21.5 Å². The Bertz CT molecular complexity index is 1110. The zero-order valence-electron chi connectivity index (χ0n) is 15.4. The predicted molar refractivity (Wildman–Crippen MR) is 123 cm³/mol. The van der Waals surface area contributed by atoms with Crippen LogP contribution in [0.1, 0.15) is 17.0 Å². The quantitative estimate of drug-likeness (QED) is 0.303. The van der Waals surface area contributed by atoms with Crippen molar-refractivity contribution in [3.63, 3.8) is 0 Å². The molecule has 0 aliphatic carbocycles. The van der Waals surface area contributed by atoms with Crippen LogP contribution in [0.25, 0.3) is 17.8 Å². The molecule has 3 aromatic carbocycles. The van der Waals surface area contributed by atoms with E-state index in [-0.39, 0.29) is 0 Å². The van der Waals surface area contributed by atoms with E-state index in [1.807, 2.05) is 83.4 Å². The second kappa shape index (κ2) is 9.31. The number of hydrogen-bond acceptors (Lipinski definition) is 3. The van der Waals surface area contributed by atoms with Crippen molar-refractivity contribution in [3.8, 4) is 5.69 Å². The van der Waals surface area contributed by atoms with Gasteiger partial charge in [-0.15, -0.1) is 10.2 Å². The Morgan fingerprint density at radius 3 is 2.10 bits per heavy atom. The first-order chi connectivity index (χ1) is 14.2. The Morgan fingerprint density at radius 1 is 0.759 bits per heavy atom. The minimum atomic E-state index is 0.693. The maximum Gasteiger partial charge on any atom is 0.196 e. The Labute approximate surface area is 184 Å². The summed E-state index contributed by atoms with van der Waals surface area (Å²) in [5.41, 5.74) is 3.24. The molecule has 6 heteroatoms. The molecule has 0 fully saturated rings. The summed E-state index contributed by atoms with van der Waals surface area (Å²) in [7, 11) is 0. The average Bonchev–Trinajstić information content (AvgIpc) is 3.16. The first-order valence-corrected chi connectivity index (χ1v) is 10.7. The van der Waals surface area contributed by atoms with Gasteiger partial charge in [-0.05, 0) is 53.6 Å². The fourth-order valence-electron chi connectivity index (χ4n) is 2.78. The fraction of sp³-hybridized carbons (Fsp3) is 0.0435. The summed E-state index contributed by atoms with van der Waals surface area (Å²) in [6, 6.07) is 25.6. The zero-order valence-corrected chi connectivity index (χ0v) is 17.7. The standard InChI is InChI=1S/C23H17Cl2N3S/c24-19-9-6-18(7-10-19)16-29-23-27-26-22(15-8-17-4-2-1-3-5-17)28(23)21-13-11-20(25)12-14-21/h1-15H,16H2/b15-8+. The van der Waals surface area contributed by atoms with Gasteiger partial charge in [0.1, 0.15) is 0 Å². The topological polar surface area (TPSA) is 30.7 Å². The lowest BCUT2D eigenvalue weighted by atomic mass is 10.2. The fourth-order valence-corrected chi connectivity index (χ4v) is 3.95. The van der Waals surface area contributed by atoms with Crippen molar-refractivity contribution in [1.82, 2.24) is 14.8 Å². The van der Waals surface area contributed by atoms with Crippen molar-refractivity contribution < 1.29 is 0 Å². The number of aromatic nitrogens is 3. The van der Waals surface area contributed by atoms with Gasteiger partial charge < -0.3 is 0 Å².